The van der Waals surface area contributed by atoms with Gasteiger partial charge in [-0.25, -0.2) is 9.48 Å². The molecule has 0 bridgehead atoms. The van der Waals surface area contributed by atoms with E-state index in [4.69, 9.17) is 4.74 Å². The summed E-state index contributed by atoms with van der Waals surface area (Å²) in [5.74, 6) is 0.367. The number of hydrogen-bond donors (Lipinski definition) is 1. The number of ether oxygens (including phenoxy) is 1. The molecule has 0 saturated heterocycles. The highest BCUT2D eigenvalue weighted by Crippen LogP contribution is 2.30. The number of para-hydroxylation sites is 1. The first-order chi connectivity index (χ1) is 13.9. The molecular weight excluding hydrogens is 385 g/mol. The first-order valence-electron chi connectivity index (χ1n) is 8.67. The van der Waals surface area contributed by atoms with Crippen LogP contribution < -0.4 is 15.4 Å². The highest BCUT2D eigenvalue weighted by atomic mass is 19.4. The summed E-state index contributed by atoms with van der Waals surface area (Å²) in [5.41, 5.74) is -0.114. The first-order valence-corrected chi connectivity index (χ1v) is 8.67. The Bertz CT molecular complexity index is 1060. The van der Waals surface area contributed by atoms with Crippen LogP contribution in [0.25, 0.3) is 5.69 Å². The van der Waals surface area contributed by atoms with Gasteiger partial charge in [0.25, 0.3) is 0 Å². The Balaban J connectivity index is 1.86. The van der Waals surface area contributed by atoms with Gasteiger partial charge in [-0.15, -0.1) is 0 Å². The molecule has 9 heteroatoms. The van der Waals surface area contributed by atoms with E-state index in [0.717, 1.165) is 17.8 Å². The summed E-state index contributed by atoms with van der Waals surface area (Å²) in [6, 6.07) is 14.3. The average molecular weight is 402 g/mol. The topological polar surface area (TPSA) is 68.5 Å². The molecule has 150 valence electrons. The molecule has 29 heavy (non-hydrogen) atoms. The van der Waals surface area contributed by atoms with E-state index in [2.05, 4.69) is 15.4 Å². The number of urea groups is 1. The number of halogens is 3. The second-order valence-corrected chi connectivity index (χ2v) is 5.85. The SMILES string of the molecule is CCOc1c/c(=N/C(=O)Nc2cccc(C(F)(F)F)c2)cnn1-c1ccccc1. The van der Waals surface area contributed by atoms with Gasteiger partial charge in [0.1, 0.15) is 0 Å². The van der Waals surface area contributed by atoms with Crippen LogP contribution in [0, 0.1) is 0 Å². The summed E-state index contributed by atoms with van der Waals surface area (Å²) in [6.07, 6.45) is -3.14. The van der Waals surface area contributed by atoms with Crippen molar-refractivity contribution in [1.29, 1.82) is 0 Å². The molecule has 3 rings (SSSR count). The molecule has 1 aromatic heterocycles. The molecule has 0 aliphatic carbocycles. The summed E-state index contributed by atoms with van der Waals surface area (Å²) in [6.45, 7) is 2.17. The van der Waals surface area contributed by atoms with Crippen molar-refractivity contribution in [2.24, 2.45) is 4.99 Å². The van der Waals surface area contributed by atoms with Crippen molar-refractivity contribution in [3.05, 3.63) is 77.8 Å². The molecule has 0 radical (unpaired) electrons. The number of benzene rings is 2. The van der Waals surface area contributed by atoms with E-state index in [0.29, 0.717) is 12.5 Å². The molecule has 0 atom stereocenters. The van der Waals surface area contributed by atoms with Crippen LogP contribution in [0.4, 0.5) is 23.7 Å². The van der Waals surface area contributed by atoms with Gasteiger partial charge in [-0.2, -0.15) is 23.3 Å². The van der Waals surface area contributed by atoms with Gasteiger partial charge in [0, 0.05) is 11.8 Å². The maximum absolute atomic E-state index is 12.8. The minimum Gasteiger partial charge on any atom is -0.478 e. The number of carbonyl (C=O) groups excluding carboxylic acids is 1. The number of nitrogens with zero attached hydrogens (tertiary/aromatic N) is 3. The number of anilines is 1. The van der Waals surface area contributed by atoms with Gasteiger partial charge in [-0.05, 0) is 37.3 Å². The van der Waals surface area contributed by atoms with Crippen LogP contribution in [0.3, 0.4) is 0 Å². The Morgan fingerprint density at radius 1 is 1.14 bits per heavy atom. The van der Waals surface area contributed by atoms with Crippen LogP contribution in [-0.2, 0) is 6.18 Å². The normalized spacial score (nSPS) is 11.9. The predicted molar refractivity (Wildman–Crippen MR) is 101 cm³/mol. The van der Waals surface area contributed by atoms with Crippen LogP contribution in [-0.4, -0.2) is 22.4 Å². The summed E-state index contributed by atoms with van der Waals surface area (Å²) in [4.78, 5) is 16.0. The standard InChI is InChI=1S/C20H17F3N4O2/c1-2-29-18-12-16(13-24-27(18)17-9-4-3-5-10-17)26-19(28)25-15-8-6-7-14(11-15)20(21,22)23/h3-13H,2H2,1H3,(H,25,28)/b26-16-. The lowest BCUT2D eigenvalue weighted by atomic mass is 10.2. The highest BCUT2D eigenvalue weighted by molar-refractivity contribution is 5.90. The molecule has 3 aromatic rings. The van der Waals surface area contributed by atoms with E-state index in [1.165, 1.54) is 24.4 Å². The lowest BCUT2D eigenvalue weighted by Gasteiger charge is -2.12. The van der Waals surface area contributed by atoms with Crippen molar-refractivity contribution in [3.63, 3.8) is 0 Å². The van der Waals surface area contributed by atoms with Crippen LogP contribution in [0.1, 0.15) is 12.5 Å². The van der Waals surface area contributed by atoms with E-state index >= 15 is 0 Å². The number of alkyl halides is 3. The molecule has 2 aromatic carbocycles. The van der Waals surface area contributed by atoms with Crippen molar-refractivity contribution in [3.8, 4) is 11.6 Å². The molecule has 0 aliphatic rings. The van der Waals surface area contributed by atoms with Crippen molar-refractivity contribution in [2.75, 3.05) is 11.9 Å². The molecule has 0 saturated carbocycles. The summed E-state index contributed by atoms with van der Waals surface area (Å²) < 4.78 is 45.5. The number of nitrogens with one attached hydrogen (secondary N) is 1. The maximum Gasteiger partial charge on any atom is 0.416 e. The summed E-state index contributed by atoms with van der Waals surface area (Å²) in [7, 11) is 0. The molecule has 0 unspecified atom stereocenters. The van der Waals surface area contributed by atoms with Crippen molar-refractivity contribution in [1.82, 2.24) is 9.78 Å². The molecule has 6 nitrogen and oxygen atoms in total. The minimum absolute atomic E-state index is 0.0122. The lowest BCUT2D eigenvalue weighted by molar-refractivity contribution is -0.137. The second-order valence-electron chi connectivity index (χ2n) is 5.85. The number of hydrogen-bond acceptors (Lipinski definition) is 3. The fourth-order valence-corrected chi connectivity index (χ4v) is 2.52. The van der Waals surface area contributed by atoms with E-state index in [1.807, 2.05) is 30.3 Å². The van der Waals surface area contributed by atoms with Crippen LogP contribution in [0.2, 0.25) is 0 Å². The lowest BCUT2D eigenvalue weighted by Crippen LogP contribution is -2.17. The summed E-state index contributed by atoms with van der Waals surface area (Å²) >= 11 is 0. The molecule has 0 fully saturated rings. The Morgan fingerprint density at radius 2 is 1.90 bits per heavy atom. The number of amides is 2. The second kappa shape index (κ2) is 8.59. The number of aromatic nitrogens is 2. The zero-order valence-electron chi connectivity index (χ0n) is 15.3. The fraction of sp³-hybridized carbons (Fsp3) is 0.150. The van der Waals surface area contributed by atoms with Crippen LogP contribution in [0.15, 0.2) is 71.9 Å². The van der Waals surface area contributed by atoms with Crippen LogP contribution >= 0.6 is 0 Å². The predicted octanol–water partition coefficient (Wildman–Crippen LogP) is 4.42. The minimum atomic E-state index is -4.50. The first kappa shape index (κ1) is 20.1. The van der Waals surface area contributed by atoms with Gasteiger partial charge in [0.2, 0.25) is 5.88 Å². The van der Waals surface area contributed by atoms with Gasteiger partial charge in [-0.1, -0.05) is 24.3 Å². The van der Waals surface area contributed by atoms with Gasteiger partial charge >= 0.3 is 12.2 Å². The van der Waals surface area contributed by atoms with E-state index in [1.54, 1.807) is 11.6 Å². The molecular formula is C20H17F3N4O2. The molecule has 0 aliphatic heterocycles. The van der Waals surface area contributed by atoms with Gasteiger partial charge in [0.15, 0.2) is 0 Å². The van der Waals surface area contributed by atoms with Crippen LogP contribution in [0.5, 0.6) is 5.88 Å². The monoisotopic (exact) mass is 402 g/mol. The zero-order chi connectivity index (χ0) is 20.9. The van der Waals surface area contributed by atoms with E-state index in [9.17, 15) is 18.0 Å². The smallest absolute Gasteiger partial charge is 0.416 e. The third-order valence-corrected chi connectivity index (χ3v) is 3.75. The fourth-order valence-electron chi connectivity index (χ4n) is 2.52. The quantitative estimate of drug-likeness (QED) is 0.702. The van der Waals surface area contributed by atoms with Gasteiger partial charge < -0.3 is 10.1 Å². The third-order valence-electron chi connectivity index (χ3n) is 3.75. The van der Waals surface area contributed by atoms with Crippen molar-refractivity contribution < 1.29 is 22.7 Å². The van der Waals surface area contributed by atoms with E-state index < -0.39 is 17.8 Å². The maximum atomic E-state index is 12.8. The molecule has 1 N–H and O–H groups in total. The molecule has 1 heterocycles. The molecule has 2 amide bonds. The van der Waals surface area contributed by atoms with Gasteiger partial charge in [-0.3, -0.25) is 0 Å². The van der Waals surface area contributed by atoms with Crippen molar-refractivity contribution >= 4 is 11.7 Å². The Morgan fingerprint density at radius 3 is 2.59 bits per heavy atom. The zero-order valence-corrected chi connectivity index (χ0v) is 15.3. The molecule has 0 spiro atoms. The van der Waals surface area contributed by atoms with Gasteiger partial charge in [0.05, 0.1) is 29.4 Å². The average Bonchev–Trinajstić information content (AvgIpc) is 2.69. The Kier molecular flexibility index (Phi) is 5.96. The Labute approximate surface area is 164 Å². The number of rotatable bonds is 4. The third kappa shape index (κ3) is 5.22. The Hall–Kier alpha value is -3.62. The highest BCUT2D eigenvalue weighted by Gasteiger charge is 2.30. The van der Waals surface area contributed by atoms with Crippen molar-refractivity contribution in [2.45, 2.75) is 13.1 Å². The number of carbonyl (C=O) groups is 1. The summed E-state index contributed by atoms with van der Waals surface area (Å²) in [5, 5.41) is 6.76. The largest absolute Gasteiger partial charge is 0.478 e. The van der Waals surface area contributed by atoms with E-state index in [-0.39, 0.29) is 11.0 Å².